The van der Waals surface area contributed by atoms with Gasteiger partial charge in [-0.3, -0.25) is 5.10 Å². The second-order valence-corrected chi connectivity index (χ2v) is 5.78. The lowest BCUT2D eigenvalue weighted by molar-refractivity contribution is 0.102. The zero-order valence-corrected chi connectivity index (χ0v) is 13.3. The third kappa shape index (κ3) is 3.03. The number of H-pyrrole nitrogens is 1. The fourth-order valence-electron chi connectivity index (χ4n) is 2.15. The third-order valence-electron chi connectivity index (χ3n) is 3.20. The quantitative estimate of drug-likeness (QED) is 0.677. The van der Waals surface area contributed by atoms with Gasteiger partial charge in [-0.05, 0) is 37.2 Å². The Labute approximate surface area is 136 Å². The standard InChI is InChI=1S/C13H12Cl2N4OS/c14-9-3-1-4-10(15)8(9)7-16-19-12(17-18-13(19)21)11-5-2-6-20-11/h1,3-4,7,11H,2,5-6H2,(H,18,21)/b16-7-. The van der Waals surface area contributed by atoms with E-state index in [2.05, 4.69) is 15.3 Å². The van der Waals surface area contributed by atoms with Crippen LogP contribution >= 0.6 is 35.4 Å². The summed E-state index contributed by atoms with van der Waals surface area (Å²) in [5, 5.41) is 12.3. The highest BCUT2D eigenvalue weighted by molar-refractivity contribution is 7.71. The number of aromatic nitrogens is 3. The molecule has 21 heavy (non-hydrogen) atoms. The molecule has 0 aliphatic carbocycles. The Kier molecular flexibility index (Phi) is 4.40. The molecule has 1 saturated heterocycles. The highest BCUT2D eigenvalue weighted by atomic mass is 35.5. The fraction of sp³-hybridized carbons (Fsp3) is 0.308. The zero-order valence-electron chi connectivity index (χ0n) is 10.9. The average molecular weight is 343 g/mol. The molecule has 1 fully saturated rings. The van der Waals surface area contributed by atoms with E-state index in [0.717, 1.165) is 19.4 Å². The Bertz CT molecular complexity index is 714. The van der Waals surface area contributed by atoms with E-state index in [1.807, 2.05) is 0 Å². The Balaban J connectivity index is 1.96. The number of ether oxygens (including phenoxy) is 1. The minimum atomic E-state index is -0.0863. The summed E-state index contributed by atoms with van der Waals surface area (Å²) in [5.74, 6) is 0.664. The summed E-state index contributed by atoms with van der Waals surface area (Å²) >= 11 is 17.4. The first kappa shape index (κ1) is 14.7. The number of hydrogen-bond donors (Lipinski definition) is 1. The van der Waals surface area contributed by atoms with Crippen molar-refractivity contribution in [3.63, 3.8) is 0 Å². The van der Waals surface area contributed by atoms with Crippen LogP contribution in [-0.2, 0) is 4.74 Å². The third-order valence-corrected chi connectivity index (χ3v) is 4.12. The molecule has 1 aromatic heterocycles. The fourth-order valence-corrected chi connectivity index (χ4v) is 2.84. The first-order valence-electron chi connectivity index (χ1n) is 6.44. The molecule has 1 aromatic carbocycles. The first-order valence-corrected chi connectivity index (χ1v) is 7.60. The molecule has 1 aliphatic rings. The number of benzene rings is 1. The predicted molar refractivity (Wildman–Crippen MR) is 84.8 cm³/mol. The van der Waals surface area contributed by atoms with Gasteiger partial charge in [0.25, 0.3) is 0 Å². The van der Waals surface area contributed by atoms with Crippen LogP contribution in [0.5, 0.6) is 0 Å². The van der Waals surface area contributed by atoms with Crippen molar-refractivity contribution in [1.82, 2.24) is 14.9 Å². The minimum Gasteiger partial charge on any atom is -0.370 e. The van der Waals surface area contributed by atoms with Gasteiger partial charge in [-0.2, -0.15) is 14.9 Å². The number of aromatic amines is 1. The summed E-state index contributed by atoms with van der Waals surface area (Å²) in [6.45, 7) is 0.727. The Morgan fingerprint density at radius 1 is 1.43 bits per heavy atom. The summed E-state index contributed by atoms with van der Waals surface area (Å²) in [7, 11) is 0. The maximum atomic E-state index is 6.12. The van der Waals surface area contributed by atoms with E-state index < -0.39 is 0 Å². The first-order chi connectivity index (χ1) is 10.2. The smallest absolute Gasteiger partial charge is 0.216 e. The molecular formula is C13H12Cl2N4OS. The number of halogens is 2. The molecule has 2 aromatic rings. The van der Waals surface area contributed by atoms with Crippen molar-refractivity contribution in [2.75, 3.05) is 6.61 Å². The lowest BCUT2D eigenvalue weighted by atomic mass is 10.2. The number of rotatable bonds is 3. The van der Waals surface area contributed by atoms with E-state index in [1.165, 1.54) is 0 Å². The second-order valence-electron chi connectivity index (χ2n) is 4.58. The van der Waals surface area contributed by atoms with Gasteiger partial charge in [0.05, 0.1) is 16.3 Å². The van der Waals surface area contributed by atoms with Crippen LogP contribution in [0.4, 0.5) is 0 Å². The largest absolute Gasteiger partial charge is 0.370 e. The van der Waals surface area contributed by atoms with Crippen LogP contribution in [0.15, 0.2) is 23.3 Å². The van der Waals surface area contributed by atoms with Crippen LogP contribution < -0.4 is 0 Å². The van der Waals surface area contributed by atoms with E-state index in [-0.39, 0.29) is 6.10 Å². The van der Waals surface area contributed by atoms with E-state index >= 15 is 0 Å². The SMILES string of the molecule is S=c1[nH]nc(C2CCCO2)n1/N=C\c1c(Cl)cccc1Cl. The van der Waals surface area contributed by atoms with Crippen molar-refractivity contribution in [2.24, 2.45) is 5.10 Å². The molecule has 1 atom stereocenters. The van der Waals surface area contributed by atoms with Crippen molar-refractivity contribution < 1.29 is 4.74 Å². The summed E-state index contributed by atoms with van der Waals surface area (Å²) in [4.78, 5) is 0. The maximum Gasteiger partial charge on any atom is 0.216 e. The summed E-state index contributed by atoms with van der Waals surface area (Å²) in [6.07, 6.45) is 3.40. The molecule has 110 valence electrons. The van der Waals surface area contributed by atoms with E-state index in [0.29, 0.717) is 26.2 Å². The van der Waals surface area contributed by atoms with E-state index in [1.54, 1.807) is 29.1 Å². The van der Waals surface area contributed by atoms with Crippen LogP contribution in [0.3, 0.4) is 0 Å². The summed E-state index contributed by atoms with van der Waals surface area (Å²) < 4.78 is 7.57. The van der Waals surface area contributed by atoms with Crippen LogP contribution in [0.25, 0.3) is 0 Å². The van der Waals surface area contributed by atoms with Crippen LogP contribution in [0, 0.1) is 4.77 Å². The molecular weight excluding hydrogens is 331 g/mol. The van der Waals surface area contributed by atoms with E-state index in [4.69, 9.17) is 40.2 Å². The van der Waals surface area contributed by atoms with Gasteiger partial charge in [0, 0.05) is 12.2 Å². The lowest BCUT2D eigenvalue weighted by Gasteiger charge is -2.07. The zero-order chi connectivity index (χ0) is 14.8. The van der Waals surface area contributed by atoms with Crippen LogP contribution in [0.1, 0.15) is 30.3 Å². The van der Waals surface area contributed by atoms with Gasteiger partial charge in [0.1, 0.15) is 6.10 Å². The molecule has 0 radical (unpaired) electrons. The van der Waals surface area contributed by atoms with Gasteiger partial charge in [0.15, 0.2) is 5.82 Å². The molecule has 5 nitrogen and oxygen atoms in total. The van der Waals surface area contributed by atoms with Gasteiger partial charge >= 0.3 is 0 Å². The van der Waals surface area contributed by atoms with Crippen LogP contribution in [-0.4, -0.2) is 27.7 Å². The summed E-state index contributed by atoms with van der Waals surface area (Å²) in [5.41, 5.74) is 0.641. The van der Waals surface area contributed by atoms with Crippen molar-refractivity contribution in [1.29, 1.82) is 0 Å². The molecule has 0 bridgehead atoms. The van der Waals surface area contributed by atoms with Crippen molar-refractivity contribution >= 4 is 41.6 Å². The Morgan fingerprint density at radius 3 is 2.86 bits per heavy atom. The van der Waals surface area contributed by atoms with Gasteiger partial charge in [-0.1, -0.05) is 29.3 Å². The van der Waals surface area contributed by atoms with E-state index in [9.17, 15) is 0 Å². The predicted octanol–water partition coefficient (Wildman–Crippen LogP) is 3.98. The molecule has 8 heteroatoms. The topological polar surface area (TPSA) is 55.2 Å². The second kappa shape index (κ2) is 6.27. The molecule has 0 spiro atoms. The van der Waals surface area contributed by atoms with Gasteiger partial charge in [-0.15, -0.1) is 0 Å². The molecule has 1 N–H and O–H groups in total. The van der Waals surface area contributed by atoms with Crippen molar-refractivity contribution in [3.05, 3.63) is 44.4 Å². The van der Waals surface area contributed by atoms with Gasteiger partial charge in [0.2, 0.25) is 4.77 Å². The average Bonchev–Trinajstić information content (AvgIpc) is 3.08. The lowest BCUT2D eigenvalue weighted by Crippen LogP contribution is -2.05. The maximum absolute atomic E-state index is 6.12. The van der Waals surface area contributed by atoms with Crippen molar-refractivity contribution in [3.8, 4) is 0 Å². The molecule has 1 aliphatic heterocycles. The minimum absolute atomic E-state index is 0.0863. The normalized spacial score (nSPS) is 18.7. The molecule has 2 heterocycles. The molecule has 0 amide bonds. The monoisotopic (exact) mass is 342 g/mol. The number of nitrogens with one attached hydrogen (secondary N) is 1. The van der Waals surface area contributed by atoms with Gasteiger partial charge < -0.3 is 4.74 Å². The highest BCUT2D eigenvalue weighted by Crippen LogP contribution is 2.27. The molecule has 3 rings (SSSR count). The number of hydrogen-bond acceptors (Lipinski definition) is 4. The Hall–Kier alpha value is -1.21. The molecule has 1 unspecified atom stereocenters. The number of nitrogens with zero attached hydrogens (tertiary/aromatic N) is 3. The van der Waals surface area contributed by atoms with Crippen LogP contribution in [0.2, 0.25) is 10.0 Å². The molecule has 0 saturated carbocycles. The highest BCUT2D eigenvalue weighted by Gasteiger charge is 2.23. The van der Waals surface area contributed by atoms with Crippen molar-refractivity contribution in [2.45, 2.75) is 18.9 Å². The van der Waals surface area contributed by atoms with Gasteiger partial charge in [-0.25, -0.2) is 0 Å². The summed E-state index contributed by atoms with van der Waals surface area (Å²) in [6, 6.07) is 5.29. The Morgan fingerprint density at radius 2 is 2.19 bits per heavy atom.